The predicted octanol–water partition coefficient (Wildman–Crippen LogP) is 3.15. The maximum Gasteiger partial charge on any atom is 0.221 e. The minimum Gasteiger partial charge on any atom is -0.477 e. The van der Waals surface area contributed by atoms with Gasteiger partial charge in [0.1, 0.15) is 0 Å². The number of hydrogen-bond acceptors (Lipinski definition) is 4. The zero-order chi connectivity index (χ0) is 15.1. The van der Waals surface area contributed by atoms with Crippen LogP contribution >= 0.6 is 0 Å². The Bertz CT molecular complexity index is 570. The normalized spacial score (nSPS) is 11.2. The first-order chi connectivity index (χ1) is 10.2. The summed E-state index contributed by atoms with van der Waals surface area (Å²) in [6.45, 7) is 6.32. The third kappa shape index (κ3) is 4.69. The summed E-state index contributed by atoms with van der Waals surface area (Å²) < 4.78 is 10.9. The second-order valence-electron chi connectivity index (χ2n) is 5.37. The number of nitrogens with zero attached hydrogens (tertiary/aromatic N) is 1. The number of nitrogens with one attached hydrogen (secondary N) is 1. The summed E-state index contributed by atoms with van der Waals surface area (Å²) in [5.41, 5.74) is 1.00. The van der Waals surface area contributed by atoms with E-state index in [4.69, 9.17) is 9.47 Å². The van der Waals surface area contributed by atoms with E-state index in [0.717, 1.165) is 29.4 Å². The van der Waals surface area contributed by atoms with Crippen LogP contribution in [0, 0.1) is 0 Å². The molecule has 21 heavy (non-hydrogen) atoms. The Labute approximate surface area is 126 Å². The van der Waals surface area contributed by atoms with Gasteiger partial charge in [-0.3, -0.25) is 0 Å². The van der Waals surface area contributed by atoms with Gasteiger partial charge in [0.05, 0.1) is 12.3 Å². The van der Waals surface area contributed by atoms with Crippen molar-refractivity contribution >= 4 is 10.8 Å². The van der Waals surface area contributed by atoms with Crippen molar-refractivity contribution in [3.8, 4) is 5.88 Å². The van der Waals surface area contributed by atoms with Gasteiger partial charge < -0.3 is 14.8 Å². The molecule has 1 aromatic heterocycles. The van der Waals surface area contributed by atoms with E-state index in [-0.39, 0.29) is 0 Å². The Kier molecular flexibility index (Phi) is 5.96. The summed E-state index contributed by atoms with van der Waals surface area (Å²) in [5.74, 6) is 0.713. The van der Waals surface area contributed by atoms with Crippen molar-refractivity contribution in [2.45, 2.75) is 32.9 Å². The molecule has 0 aliphatic rings. The van der Waals surface area contributed by atoms with Crippen LogP contribution in [0.15, 0.2) is 30.3 Å². The molecule has 0 radical (unpaired) electrons. The van der Waals surface area contributed by atoms with Crippen LogP contribution in [-0.4, -0.2) is 31.3 Å². The number of ether oxygens (including phenoxy) is 2. The van der Waals surface area contributed by atoms with Crippen molar-refractivity contribution in [3.63, 3.8) is 0 Å². The summed E-state index contributed by atoms with van der Waals surface area (Å²) >= 11 is 0. The lowest BCUT2D eigenvalue weighted by molar-refractivity contribution is 0.171. The molecular formula is C17H24N2O2. The molecule has 0 fully saturated rings. The van der Waals surface area contributed by atoms with E-state index in [1.165, 1.54) is 0 Å². The Morgan fingerprint density at radius 1 is 1.19 bits per heavy atom. The molecule has 2 rings (SSSR count). The highest BCUT2D eigenvalue weighted by atomic mass is 16.5. The lowest BCUT2D eigenvalue weighted by Crippen LogP contribution is -2.22. The average molecular weight is 288 g/mol. The van der Waals surface area contributed by atoms with Crippen molar-refractivity contribution in [2.75, 3.05) is 20.3 Å². The topological polar surface area (TPSA) is 43.4 Å². The van der Waals surface area contributed by atoms with E-state index in [1.54, 1.807) is 7.11 Å². The highest BCUT2D eigenvalue weighted by molar-refractivity contribution is 5.87. The van der Waals surface area contributed by atoms with Crippen LogP contribution < -0.4 is 10.1 Å². The van der Waals surface area contributed by atoms with Gasteiger partial charge in [0.15, 0.2) is 0 Å². The van der Waals surface area contributed by atoms with Crippen molar-refractivity contribution in [2.24, 2.45) is 0 Å². The predicted molar refractivity (Wildman–Crippen MR) is 85.7 cm³/mol. The molecule has 0 saturated heterocycles. The van der Waals surface area contributed by atoms with Gasteiger partial charge in [0.25, 0.3) is 0 Å². The Morgan fingerprint density at radius 2 is 2.00 bits per heavy atom. The Morgan fingerprint density at radius 3 is 2.76 bits per heavy atom. The number of pyridine rings is 1. The lowest BCUT2D eigenvalue weighted by atomic mass is 10.1. The highest BCUT2D eigenvalue weighted by Crippen LogP contribution is 2.24. The van der Waals surface area contributed by atoms with Crippen LogP contribution in [0.2, 0.25) is 0 Å². The van der Waals surface area contributed by atoms with Gasteiger partial charge in [-0.15, -0.1) is 0 Å². The number of fused-ring (bicyclic) bond motifs is 1. The standard InChI is InChI=1S/C17H24N2O2/c1-13(2)18-12-15-11-14-7-4-5-8-16(14)17(19-15)21-10-6-9-20-3/h4-5,7-8,11,13,18H,6,9-10,12H2,1-3H3. The molecule has 0 amide bonds. The van der Waals surface area contributed by atoms with Crippen molar-refractivity contribution in [3.05, 3.63) is 36.0 Å². The fourth-order valence-corrected chi connectivity index (χ4v) is 2.10. The third-order valence-electron chi connectivity index (χ3n) is 3.18. The van der Waals surface area contributed by atoms with E-state index < -0.39 is 0 Å². The first kappa shape index (κ1) is 15.7. The first-order valence-corrected chi connectivity index (χ1v) is 7.44. The molecule has 4 nitrogen and oxygen atoms in total. The average Bonchev–Trinajstić information content (AvgIpc) is 2.49. The van der Waals surface area contributed by atoms with Gasteiger partial charge in [-0.25, -0.2) is 4.98 Å². The van der Waals surface area contributed by atoms with Gasteiger partial charge in [-0.1, -0.05) is 32.0 Å². The van der Waals surface area contributed by atoms with Gasteiger partial charge in [-0.05, 0) is 17.5 Å². The summed E-state index contributed by atoms with van der Waals surface area (Å²) in [4.78, 5) is 4.64. The fraction of sp³-hybridized carbons (Fsp3) is 0.471. The molecule has 1 N–H and O–H groups in total. The second-order valence-corrected chi connectivity index (χ2v) is 5.37. The van der Waals surface area contributed by atoms with Crippen LogP contribution in [-0.2, 0) is 11.3 Å². The molecule has 1 aromatic carbocycles. The smallest absolute Gasteiger partial charge is 0.221 e. The lowest BCUT2D eigenvalue weighted by Gasteiger charge is -2.12. The minimum atomic E-state index is 0.435. The number of aromatic nitrogens is 1. The second kappa shape index (κ2) is 7.96. The molecular weight excluding hydrogens is 264 g/mol. The zero-order valence-electron chi connectivity index (χ0n) is 13.1. The Balaban J connectivity index is 2.18. The molecule has 0 aliphatic carbocycles. The van der Waals surface area contributed by atoms with Crippen LogP contribution in [0.5, 0.6) is 5.88 Å². The van der Waals surface area contributed by atoms with Crippen LogP contribution in [0.3, 0.4) is 0 Å². The van der Waals surface area contributed by atoms with Crippen molar-refractivity contribution in [1.29, 1.82) is 0 Å². The van der Waals surface area contributed by atoms with Gasteiger partial charge in [0.2, 0.25) is 5.88 Å². The van der Waals surface area contributed by atoms with E-state index in [0.29, 0.717) is 25.1 Å². The highest BCUT2D eigenvalue weighted by Gasteiger charge is 2.07. The van der Waals surface area contributed by atoms with E-state index in [1.807, 2.05) is 18.2 Å². The Hall–Kier alpha value is -1.65. The molecule has 4 heteroatoms. The monoisotopic (exact) mass is 288 g/mol. The molecule has 1 heterocycles. The van der Waals surface area contributed by atoms with Crippen LogP contribution in [0.1, 0.15) is 26.0 Å². The number of rotatable bonds is 8. The van der Waals surface area contributed by atoms with E-state index in [9.17, 15) is 0 Å². The van der Waals surface area contributed by atoms with Gasteiger partial charge in [0, 0.05) is 38.1 Å². The molecule has 2 aromatic rings. The summed E-state index contributed by atoms with van der Waals surface area (Å²) in [5, 5.41) is 5.61. The SMILES string of the molecule is COCCCOc1nc(CNC(C)C)cc2ccccc12. The third-order valence-corrected chi connectivity index (χ3v) is 3.18. The molecule has 0 spiro atoms. The number of hydrogen-bond donors (Lipinski definition) is 1. The zero-order valence-corrected chi connectivity index (χ0v) is 13.1. The summed E-state index contributed by atoms with van der Waals surface area (Å²) in [6, 6.07) is 10.7. The molecule has 0 saturated carbocycles. The van der Waals surface area contributed by atoms with Crippen molar-refractivity contribution in [1.82, 2.24) is 10.3 Å². The largest absolute Gasteiger partial charge is 0.477 e. The van der Waals surface area contributed by atoms with Crippen LogP contribution in [0.25, 0.3) is 10.8 Å². The first-order valence-electron chi connectivity index (χ1n) is 7.44. The summed E-state index contributed by atoms with van der Waals surface area (Å²) in [7, 11) is 1.70. The molecule has 114 valence electrons. The number of benzene rings is 1. The molecule has 0 aliphatic heterocycles. The quantitative estimate of drug-likeness (QED) is 0.758. The van der Waals surface area contributed by atoms with E-state index in [2.05, 4.69) is 36.3 Å². The van der Waals surface area contributed by atoms with Crippen molar-refractivity contribution < 1.29 is 9.47 Å². The summed E-state index contributed by atoms with van der Waals surface area (Å²) in [6.07, 6.45) is 0.862. The maximum atomic E-state index is 5.85. The number of methoxy groups -OCH3 is 1. The molecule has 0 atom stereocenters. The van der Waals surface area contributed by atoms with Crippen LogP contribution in [0.4, 0.5) is 0 Å². The van der Waals surface area contributed by atoms with E-state index >= 15 is 0 Å². The minimum absolute atomic E-state index is 0.435. The molecule has 0 unspecified atom stereocenters. The molecule has 0 bridgehead atoms. The maximum absolute atomic E-state index is 5.85. The van der Waals surface area contributed by atoms with Gasteiger partial charge >= 0.3 is 0 Å². The fourth-order valence-electron chi connectivity index (χ4n) is 2.10. The van der Waals surface area contributed by atoms with Gasteiger partial charge in [-0.2, -0.15) is 0 Å².